The van der Waals surface area contributed by atoms with Crippen molar-refractivity contribution in [2.75, 3.05) is 7.11 Å². The quantitative estimate of drug-likeness (QED) is 0.596. The number of ether oxygens (including phenoxy) is 2. The fraction of sp³-hybridized carbons (Fsp3) is 1.00. The van der Waals surface area contributed by atoms with E-state index in [-0.39, 0.29) is 0 Å². The molecular formula is C11H22O5. The van der Waals surface area contributed by atoms with Crippen LogP contribution in [-0.4, -0.2) is 51.1 Å². The first kappa shape index (κ1) is 13.9. The normalized spacial score (nSPS) is 58.7. The zero-order chi connectivity index (χ0) is 13.0. The predicted octanol–water partition coefficient (Wildman–Crippen LogP) is 0.0207. The van der Waals surface area contributed by atoms with Crippen LogP contribution < -0.4 is 0 Å². The molecule has 1 saturated heterocycles. The molecule has 0 aromatic rings. The van der Waals surface area contributed by atoms with Gasteiger partial charge in [-0.3, -0.25) is 0 Å². The summed E-state index contributed by atoms with van der Waals surface area (Å²) in [5.74, 6) is -1.38. The van der Waals surface area contributed by atoms with Crippen LogP contribution in [0.2, 0.25) is 0 Å². The highest BCUT2D eigenvalue weighted by molar-refractivity contribution is 5.16. The minimum absolute atomic E-state index is 0.673. The van der Waals surface area contributed by atoms with Crippen LogP contribution >= 0.6 is 0 Å². The predicted molar refractivity (Wildman–Crippen MR) is 57.8 cm³/mol. The number of hydrogen-bond donors (Lipinski definition) is 3. The summed E-state index contributed by atoms with van der Waals surface area (Å²) in [5.41, 5.74) is -5.08. The number of hydrogen-bond acceptors (Lipinski definition) is 5. The summed E-state index contributed by atoms with van der Waals surface area (Å²) in [6, 6.07) is 0. The van der Waals surface area contributed by atoms with Crippen molar-refractivity contribution < 1.29 is 24.8 Å². The molecule has 1 rings (SSSR count). The average molecular weight is 234 g/mol. The molecule has 1 aliphatic heterocycles. The first-order valence-electron chi connectivity index (χ1n) is 5.34. The summed E-state index contributed by atoms with van der Waals surface area (Å²) in [4.78, 5) is 0. The molecule has 0 radical (unpaired) electrons. The van der Waals surface area contributed by atoms with Gasteiger partial charge in [0.25, 0.3) is 0 Å². The van der Waals surface area contributed by atoms with Crippen LogP contribution in [-0.2, 0) is 9.47 Å². The molecule has 0 spiro atoms. The molecule has 3 N–H and O–H groups in total. The molecule has 1 heterocycles. The van der Waals surface area contributed by atoms with Crippen LogP contribution in [0.5, 0.6) is 0 Å². The molecule has 96 valence electrons. The lowest BCUT2D eigenvalue weighted by Crippen LogP contribution is -2.80. The van der Waals surface area contributed by atoms with Crippen molar-refractivity contribution in [3.63, 3.8) is 0 Å². The number of aliphatic hydroxyl groups is 3. The Balaban J connectivity index is 3.32. The average Bonchev–Trinajstić information content (AvgIpc) is 2.14. The van der Waals surface area contributed by atoms with E-state index in [0.717, 1.165) is 0 Å². The highest BCUT2D eigenvalue weighted by Gasteiger charge is 2.69. The molecule has 0 bridgehead atoms. The van der Waals surface area contributed by atoms with Crippen LogP contribution in [0.3, 0.4) is 0 Å². The molecule has 5 atom stereocenters. The molecule has 0 aromatic carbocycles. The summed E-state index contributed by atoms with van der Waals surface area (Å²) in [5, 5.41) is 31.1. The third kappa shape index (κ3) is 1.36. The second kappa shape index (κ2) is 3.40. The highest BCUT2D eigenvalue weighted by atomic mass is 16.7. The fourth-order valence-corrected chi connectivity index (χ4v) is 2.14. The SMILES string of the molecule is CO[C@@]1(C)O[C@H](C)[C@](C)(O)[C@](C)(O)[C@@]1(C)O. The van der Waals surface area contributed by atoms with E-state index < -0.39 is 28.7 Å². The van der Waals surface area contributed by atoms with Crippen molar-refractivity contribution in [2.24, 2.45) is 0 Å². The fourth-order valence-electron chi connectivity index (χ4n) is 2.14. The summed E-state index contributed by atoms with van der Waals surface area (Å²) in [6.45, 7) is 7.36. The van der Waals surface area contributed by atoms with Gasteiger partial charge < -0.3 is 24.8 Å². The highest BCUT2D eigenvalue weighted by Crippen LogP contribution is 2.49. The van der Waals surface area contributed by atoms with Crippen molar-refractivity contribution >= 4 is 0 Å². The Bertz CT molecular complexity index is 278. The van der Waals surface area contributed by atoms with Gasteiger partial charge in [-0.1, -0.05) is 0 Å². The van der Waals surface area contributed by atoms with Gasteiger partial charge in [-0.2, -0.15) is 0 Å². The molecule has 0 aromatic heterocycles. The van der Waals surface area contributed by atoms with Crippen LogP contribution in [0.25, 0.3) is 0 Å². The zero-order valence-corrected chi connectivity index (χ0v) is 10.7. The lowest BCUT2D eigenvalue weighted by atomic mass is 9.65. The van der Waals surface area contributed by atoms with E-state index in [9.17, 15) is 15.3 Å². The Morgan fingerprint density at radius 1 is 1.00 bits per heavy atom. The Labute approximate surface area is 96.0 Å². The molecule has 0 aliphatic carbocycles. The standard InChI is InChI=1S/C11H22O5/c1-7-8(2,12)9(3,13)10(4,14)11(5,15-6)16-7/h7,12-14H,1-6H3/t7-,8+,9+,10-,11+/m1/s1. The van der Waals surface area contributed by atoms with Crippen molar-refractivity contribution in [1.29, 1.82) is 0 Å². The third-order valence-corrected chi connectivity index (χ3v) is 4.40. The molecule has 0 unspecified atom stereocenters. The molecule has 0 amide bonds. The maximum atomic E-state index is 10.4. The van der Waals surface area contributed by atoms with Crippen molar-refractivity contribution in [1.82, 2.24) is 0 Å². The minimum atomic E-state index is -1.76. The van der Waals surface area contributed by atoms with Crippen molar-refractivity contribution in [3.8, 4) is 0 Å². The van der Waals surface area contributed by atoms with Crippen LogP contribution in [0.1, 0.15) is 34.6 Å². The van der Waals surface area contributed by atoms with Crippen LogP contribution in [0.15, 0.2) is 0 Å². The monoisotopic (exact) mass is 234 g/mol. The molecule has 1 fully saturated rings. The minimum Gasteiger partial charge on any atom is -0.384 e. The van der Waals surface area contributed by atoms with Gasteiger partial charge in [0, 0.05) is 7.11 Å². The maximum absolute atomic E-state index is 10.4. The largest absolute Gasteiger partial charge is 0.384 e. The number of rotatable bonds is 1. The van der Waals surface area contributed by atoms with Crippen molar-refractivity contribution in [2.45, 2.75) is 63.3 Å². The molecular weight excluding hydrogens is 212 g/mol. The van der Waals surface area contributed by atoms with Gasteiger partial charge in [-0.05, 0) is 34.6 Å². The van der Waals surface area contributed by atoms with E-state index in [1.165, 1.54) is 34.8 Å². The lowest BCUT2D eigenvalue weighted by Gasteiger charge is -2.60. The van der Waals surface area contributed by atoms with Gasteiger partial charge in [0.2, 0.25) is 0 Å². The summed E-state index contributed by atoms with van der Waals surface area (Å²) < 4.78 is 10.7. The van der Waals surface area contributed by atoms with Gasteiger partial charge in [-0.25, -0.2) is 0 Å². The van der Waals surface area contributed by atoms with Gasteiger partial charge in [0.15, 0.2) is 5.79 Å². The van der Waals surface area contributed by atoms with Crippen LogP contribution in [0.4, 0.5) is 0 Å². The van der Waals surface area contributed by atoms with E-state index in [1.807, 2.05) is 0 Å². The van der Waals surface area contributed by atoms with Gasteiger partial charge in [-0.15, -0.1) is 0 Å². The van der Waals surface area contributed by atoms with E-state index >= 15 is 0 Å². The first-order valence-corrected chi connectivity index (χ1v) is 5.34. The Morgan fingerprint density at radius 2 is 1.44 bits per heavy atom. The topological polar surface area (TPSA) is 79.2 Å². The zero-order valence-electron chi connectivity index (χ0n) is 10.7. The van der Waals surface area contributed by atoms with E-state index in [1.54, 1.807) is 6.92 Å². The van der Waals surface area contributed by atoms with E-state index in [4.69, 9.17) is 9.47 Å². The third-order valence-electron chi connectivity index (χ3n) is 4.40. The van der Waals surface area contributed by atoms with Gasteiger partial charge in [0.1, 0.15) is 16.8 Å². The second-order valence-corrected chi connectivity index (χ2v) is 5.20. The smallest absolute Gasteiger partial charge is 0.197 e. The molecule has 1 aliphatic rings. The van der Waals surface area contributed by atoms with Gasteiger partial charge >= 0.3 is 0 Å². The van der Waals surface area contributed by atoms with Crippen molar-refractivity contribution in [3.05, 3.63) is 0 Å². The Morgan fingerprint density at radius 3 is 1.81 bits per heavy atom. The van der Waals surface area contributed by atoms with Gasteiger partial charge in [0.05, 0.1) is 6.10 Å². The molecule has 5 heteroatoms. The summed E-state index contributed by atoms with van der Waals surface area (Å²) >= 11 is 0. The molecule has 5 nitrogen and oxygen atoms in total. The first-order chi connectivity index (χ1) is 6.94. The van der Waals surface area contributed by atoms with Crippen LogP contribution in [0, 0.1) is 0 Å². The Kier molecular flexibility index (Phi) is 2.94. The summed E-state index contributed by atoms with van der Waals surface area (Å²) in [6.07, 6.45) is -0.673. The maximum Gasteiger partial charge on any atom is 0.197 e. The second-order valence-electron chi connectivity index (χ2n) is 5.20. The van der Waals surface area contributed by atoms with E-state index in [2.05, 4.69) is 0 Å². The van der Waals surface area contributed by atoms with E-state index in [0.29, 0.717) is 0 Å². The molecule has 16 heavy (non-hydrogen) atoms. The Hall–Kier alpha value is -0.200. The number of methoxy groups -OCH3 is 1. The lowest BCUT2D eigenvalue weighted by molar-refractivity contribution is -0.424. The molecule has 0 saturated carbocycles. The summed E-state index contributed by atoms with van der Waals surface area (Å²) in [7, 11) is 1.39.